The topological polar surface area (TPSA) is 43.6 Å². The number of rotatable bonds is 1. The number of ether oxygens (including phenoxy) is 1. The minimum atomic E-state index is -0.00795. The van der Waals surface area contributed by atoms with Gasteiger partial charge in [0.1, 0.15) is 5.75 Å². The van der Waals surface area contributed by atoms with E-state index < -0.39 is 0 Å². The first kappa shape index (κ1) is 10.3. The zero-order valence-corrected chi connectivity index (χ0v) is 10.2. The van der Waals surface area contributed by atoms with Gasteiger partial charge in [-0.3, -0.25) is 4.79 Å². The predicted octanol–water partition coefficient (Wildman–Crippen LogP) is 2.23. The molecular weight excluding hydrogens is 236 g/mol. The van der Waals surface area contributed by atoms with E-state index in [0.29, 0.717) is 4.96 Å². The number of aromatic nitrogens is 2. The van der Waals surface area contributed by atoms with Crippen molar-refractivity contribution in [3.8, 4) is 5.75 Å². The number of imidazole rings is 1. The molecule has 17 heavy (non-hydrogen) atoms. The Morgan fingerprint density at radius 3 is 3.00 bits per heavy atom. The van der Waals surface area contributed by atoms with Crippen molar-refractivity contribution in [2.45, 2.75) is 6.92 Å². The Hall–Kier alpha value is -1.88. The van der Waals surface area contributed by atoms with Gasteiger partial charge in [-0.2, -0.15) is 0 Å². The van der Waals surface area contributed by atoms with Crippen molar-refractivity contribution in [3.63, 3.8) is 0 Å². The predicted molar refractivity (Wildman–Crippen MR) is 68.1 cm³/mol. The summed E-state index contributed by atoms with van der Waals surface area (Å²) < 4.78 is 6.80. The summed E-state index contributed by atoms with van der Waals surface area (Å²) in [5, 5.41) is 1.83. The zero-order chi connectivity index (χ0) is 12.0. The first-order chi connectivity index (χ1) is 8.20. The maximum atomic E-state index is 12.1. The van der Waals surface area contributed by atoms with Gasteiger partial charge >= 0.3 is 0 Å². The minimum absolute atomic E-state index is 0.00795. The number of methoxy groups -OCH3 is 1. The molecule has 86 valence electrons. The van der Waals surface area contributed by atoms with Crippen LogP contribution in [0.5, 0.6) is 5.75 Å². The van der Waals surface area contributed by atoms with Gasteiger partial charge in [-0.25, -0.2) is 9.38 Å². The maximum absolute atomic E-state index is 12.1. The Labute approximate surface area is 101 Å². The molecule has 0 aliphatic rings. The third kappa shape index (κ3) is 1.43. The molecular formula is C12H10N2O2S. The van der Waals surface area contributed by atoms with Gasteiger partial charge in [-0.1, -0.05) is 0 Å². The smallest absolute Gasteiger partial charge is 0.261 e. The normalized spacial score (nSPS) is 11.2. The highest BCUT2D eigenvalue weighted by Crippen LogP contribution is 2.22. The van der Waals surface area contributed by atoms with Crippen molar-refractivity contribution in [2.75, 3.05) is 7.11 Å². The fourth-order valence-corrected chi connectivity index (χ4v) is 2.63. The Morgan fingerprint density at radius 2 is 2.24 bits per heavy atom. The fourth-order valence-electron chi connectivity index (χ4n) is 1.81. The van der Waals surface area contributed by atoms with E-state index in [0.717, 1.165) is 22.3 Å². The van der Waals surface area contributed by atoms with Gasteiger partial charge in [0.2, 0.25) is 0 Å². The first-order valence-electron chi connectivity index (χ1n) is 5.15. The van der Waals surface area contributed by atoms with E-state index >= 15 is 0 Å². The molecule has 1 aromatic carbocycles. The van der Waals surface area contributed by atoms with Crippen LogP contribution >= 0.6 is 11.3 Å². The molecule has 0 aliphatic heterocycles. The lowest BCUT2D eigenvalue weighted by atomic mass is 10.3. The summed E-state index contributed by atoms with van der Waals surface area (Å²) in [7, 11) is 1.61. The van der Waals surface area contributed by atoms with Crippen molar-refractivity contribution in [3.05, 3.63) is 39.5 Å². The van der Waals surface area contributed by atoms with Crippen molar-refractivity contribution >= 4 is 27.3 Å². The quantitative estimate of drug-likeness (QED) is 0.661. The molecule has 0 N–H and O–H groups in total. The summed E-state index contributed by atoms with van der Waals surface area (Å²) in [6, 6.07) is 5.54. The van der Waals surface area contributed by atoms with E-state index in [9.17, 15) is 4.79 Å². The van der Waals surface area contributed by atoms with Gasteiger partial charge in [0.15, 0.2) is 4.96 Å². The zero-order valence-electron chi connectivity index (χ0n) is 9.43. The molecule has 0 fully saturated rings. The lowest BCUT2D eigenvalue weighted by Crippen LogP contribution is -2.13. The van der Waals surface area contributed by atoms with Gasteiger partial charge in [0.25, 0.3) is 5.56 Å². The first-order valence-corrected chi connectivity index (χ1v) is 6.03. The number of aryl methyl sites for hydroxylation is 1. The minimum Gasteiger partial charge on any atom is -0.497 e. The average Bonchev–Trinajstić information content (AvgIpc) is 2.71. The summed E-state index contributed by atoms with van der Waals surface area (Å²) in [5.74, 6) is 0.745. The SMILES string of the molecule is COc1ccc2c(c1)nc1scc(C)c(=O)n12. The summed E-state index contributed by atoms with van der Waals surface area (Å²) >= 11 is 1.47. The van der Waals surface area contributed by atoms with E-state index in [-0.39, 0.29) is 5.56 Å². The monoisotopic (exact) mass is 246 g/mol. The number of hydrogen-bond acceptors (Lipinski definition) is 4. The van der Waals surface area contributed by atoms with E-state index in [1.54, 1.807) is 11.5 Å². The highest BCUT2D eigenvalue weighted by atomic mass is 32.1. The van der Waals surface area contributed by atoms with Crippen LogP contribution in [0.3, 0.4) is 0 Å². The second-order valence-electron chi connectivity index (χ2n) is 3.81. The largest absolute Gasteiger partial charge is 0.497 e. The number of fused-ring (bicyclic) bond motifs is 3. The van der Waals surface area contributed by atoms with Crippen molar-refractivity contribution in [1.29, 1.82) is 0 Å². The Morgan fingerprint density at radius 1 is 1.41 bits per heavy atom. The third-order valence-corrected chi connectivity index (χ3v) is 3.67. The van der Waals surface area contributed by atoms with Gasteiger partial charge in [0.05, 0.1) is 18.1 Å². The second kappa shape index (κ2) is 3.56. The molecule has 0 unspecified atom stereocenters. The molecule has 3 aromatic rings. The molecule has 0 bridgehead atoms. The molecule has 0 saturated heterocycles. The molecule has 0 atom stereocenters. The van der Waals surface area contributed by atoms with E-state index in [2.05, 4.69) is 4.98 Å². The third-order valence-electron chi connectivity index (χ3n) is 2.71. The van der Waals surface area contributed by atoms with Crippen LogP contribution < -0.4 is 10.3 Å². The molecule has 0 spiro atoms. The molecule has 3 rings (SSSR count). The van der Waals surface area contributed by atoms with Gasteiger partial charge in [-0.05, 0) is 19.1 Å². The highest BCUT2D eigenvalue weighted by molar-refractivity contribution is 7.15. The molecule has 0 saturated carbocycles. The van der Waals surface area contributed by atoms with Gasteiger partial charge in [0, 0.05) is 17.0 Å². The number of benzene rings is 1. The summed E-state index contributed by atoms with van der Waals surface area (Å²) in [4.78, 5) is 17.2. The molecule has 0 radical (unpaired) electrons. The van der Waals surface area contributed by atoms with Crippen molar-refractivity contribution in [2.24, 2.45) is 0 Å². The van der Waals surface area contributed by atoms with Crippen molar-refractivity contribution < 1.29 is 4.74 Å². The van der Waals surface area contributed by atoms with Crippen LogP contribution in [0, 0.1) is 6.92 Å². The van der Waals surface area contributed by atoms with Crippen LogP contribution in [0.1, 0.15) is 5.56 Å². The summed E-state index contributed by atoms with van der Waals surface area (Å²) in [6.07, 6.45) is 0. The Balaban J connectivity index is 2.51. The van der Waals surface area contributed by atoms with Crippen LogP contribution in [-0.4, -0.2) is 16.5 Å². The molecule has 2 heterocycles. The molecule has 5 heteroatoms. The van der Waals surface area contributed by atoms with E-state index in [4.69, 9.17) is 4.74 Å². The maximum Gasteiger partial charge on any atom is 0.261 e. The average molecular weight is 246 g/mol. The van der Waals surface area contributed by atoms with Gasteiger partial charge < -0.3 is 4.74 Å². The lowest BCUT2D eigenvalue weighted by molar-refractivity contribution is 0.415. The standard InChI is InChI=1S/C12H10N2O2S/c1-7-6-17-12-13-9-5-8(16-2)3-4-10(9)14(12)11(7)15/h3-6H,1-2H3. The van der Waals surface area contributed by atoms with Crippen LogP contribution in [0.4, 0.5) is 0 Å². The lowest BCUT2D eigenvalue weighted by Gasteiger charge is -1.98. The van der Waals surface area contributed by atoms with E-state index in [1.807, 2.05) is 30.5 Å². The fraction of sp³-hybridized carbons (Fsp3) is 0.167. The summed E-state index contributed by atoms with van der Waals surface area (Å²) in [6.45, 7) is 1.81. The highest BCUT2D eigenvalue weighted by Gasteiger charge is 2.09. The molecule has 4 nitrogen and oxygen atoms in total. The summed E-state index contributed by atoms with van der Waals surface area (Å²) in [5.41, 5.74) is 2.33. The van der Waals surface area contributed by atoms with E-state index in [1.165, 1.54) is 11.3 Å². The van der Waals surface area contributed by atoms with Crippen LogP contribution in [0.25, 0.3) is 16.0 Å². The van der Waals surface area contributed by atoms with Crippen LogP contribution in [0.2, 0.25) is 0 Å². The Bertz CT molecular complexity index is 773. The van der Waals surface area contributed by atoms with Gasteiger partial charge in [-0.15, -0.1) is 11.3 Å². The second-order valence-corrected chi connectivity index (χ2v) is 4.64. The molecule has 2 aromatic heterocycles. The molecule has 0 aliphatic carbocycles. The number of hydrogen-bond donors (Lipinski definition) is 0. The van der Waals surface area contributed by atoms with Crippen molar-refractivity contribution in [1.82, 2.24) is 9.38 Å². The van der Waals surface area contributed by atoms with Crippen LogP contribution in [-0.2, 0) is 0 Å². The van der Waals surface area contributed by atoms with Crippen LogP contribution in [0.15, 0.2) is 28.4 Å². The Kier molecular flexibility index (Phi) is 2.16. The number of nitrogens with zero attached hydrogens (tertiary/aromatic N) is 2. The molecule has 0 amide bonds.